The average Bonchev–Trinajstić information content (AvgIpc) is 2.58. The molecule has 5 heteroatoms. The highest BCUT2D eigenvalue weighted by molar-refractivity contribution is 5.97. The maximum atomic E-state index is 12.3. The first-order valence-electron chi connectivity index (χ1n) is 8.81. The van der Waals surface area contributed by atoms with Crippen LogP contribution in [0.1, 0.15) is 40.5 Å². The van der Waals surface area contributed by atoms with E-state index in [9.17, 15) is 9.59 Å². The van der Waals surface area contributed by atoms with Crippen molar-refractivity contribution in [1.29, 1.82) is 0 Å². The minimum atomic E-state index is -0.122. The predicted molar refractivity (Wildman–Crippen MR) is 101 cm³/mol. The topological polar surface area (TPSA) is 43.9 Å². The third-order valence-electron chi connectivity index (χ3n) is 4.24. The lowest BCUT2D eigenvalue weighted by Gasteiger charge is -2.26. The van der Waals surface area contributed by atoms with Gasteiger partial charge >= 0.3 is 0 Å². The first kappa shape index (κ1) is 20.0. The van der Waals surface area contributed by atoms with Crippen molar-refractivity contribution in [3.8, 4) is 0 Å². The number of hydrogen-bond donors (Lipinski definition) is 0. The zero-order valence-electron chi connectivity index (χ0n) is 15.7. The molecule has 0 N–H and O–H groups in total. The molecule has 0 saturated heterocycles. The first-order valence-corrected chi connectivity index (χ1v) is 8.81. The molecule has 0 aliphatic rings. The Hall–Kier alpha value is -2.04. The largest absolute Gasteiger partial charge is 0.372 e. The smallest absolute Gasteiger partial charge is 0.242 e. The molecule has 0 bridgehead atoms. The van der Waals surface area contributed by atoms with Gasteiger partial charge in [0, 0.05) is 45.0 Å². The number of amides is 2. The Kier molecular flexibility index (Phi) is 8.30. The normalized spacial score (nSPS) is 10.4. The number of likely N-dealkylation sites (N-methyl/N-ethyl adjacent to an activating group) is 1. The van der Waals surface area contributed by atoms with Crippen LogP contribution in [0.25, 0.3) is 0 Å². The summed E-state index contributed by atoms with van der Waals surface area (Å²) in [5, 5.41) is 0. The van der Waals surface area contributed by atoms with Gasteiger partial charge in [-0.1, -0.05) is 13.3 Å². The molecule has 0 spiro atoms. The van der Waals surface area contributed by atoms with Crippen molar-refractivity contribution in [2.45, 2.75) is 40.5 Å². The number of anilines is 2. The molecule has 0 heterocycles. The van der Waals surface area contributed by atoms with E-state index in [1.807, 2.05) is 24.3 Å². The van der Waals surface area contributed by atoms with E-state index >= 15 is 0 Å². The summed E-state index contributed by atoms with van der Waals surface area (Å²) in [6.45, 7) is 10.5. The molecule has 1 aromatic rings. The number of benzene rings is 1. The average molecular weight is 333 g/mol. The van der Waals surface area contributed by atoms with E-state index in [2.05, 4.69) is 25.7 Å². The lowest BCUT2D eigenvalue weighted by molar-refractivity contribution is -0.130. The minimum Gasteiger partial charge on any atom is -0.372 e. The molecule has 0 unspecified atom stereocenters. The summed E-state index contributed by atoms with van der Waals surface area (Å²) in [4.78, 5) is 29.8. The molecule has 0 fully saturated rings. The van der Waals surface area contributed by atoms with Gasteiger partial charge in [-0.25, -0.2) is 0 Å². The van der Waals surface area contributed by atoms with E-state index in [1.165, 1.54) is 11.8 Å². The van der Waals surface area contributed by atoms with Crippen LogP contribution in [-0.4, -0.2) is 49.9 Å². The summed E-state index contributed by atoms with van der Waals surface area (Å²) in [6.07, 6.45) is 2.02. The van der Waals surface area contributed by atoms with Gasteiger partial charge in [0.25, 0.3) is 0 Å². The second kappa shape index (κ2) is 9.96. The number of carbonyl (C=O) groups is 2. The van der Waals surface area contributed by atoms with Gasteiger partial charge in [0.2, 0.25) is 11.8 Å². The van der Waals surface area contributed by atoms with E-state index in [4.69, 9.17) is 0 Å². The maximum Gasteiger partial charge on any atom is 0.242 e. The van der Waals surface area contributed by atoms with Crippen LogP contribution in [0.15, 0.2) is 24.3 Å². The molecular formula is C19H31N3O2. The van der Waals surface area contributed by atoms with Crippen LogP contribution in [0.2, 0.25) is 0 Å². The molecule has 1 aromatic carbocycles. The summed E-state index contributed by atoms with van der Waals surface area (Å²) in [5.41, 5.74) is 1.88. The fourth-order valence-electron chi connectivity index (χ4n) is 2.59. The van der Waals surface area contributed by atoms with E-state index in [0.717, 1.165) is 43.9 Å². The van der Waals surface area contributed by atoms with Crippen LogP contribution in [0.5, 0.6) is 0 Å². The van der Waals surface area contributed by atoms with E-state index < -0.39 is 0 Å². The van der Waals surface area contributed by atoms with Crippen LogP contribution >= 0.6 is 0 Å². The zero-order valence-corrected chi connectivity index (χ0v) is 15.7. The highest BCUT2D eigenvalue weighted by atomic mass is 16.2. The molecule has 1 rings (SSSR count). The molecule has 0 radical (unpaired) electrons. The fraction of sp³-hybridized carbons (Fsp3) is 0.579. The van der Waals surface area contributed by atoms with Crippen molar-refractivity contribution in [2.24, 2.45) is 0 Å². The molecule has 2 amide bonds. The summed E-state index contributed by atoms with van der Waals surface area (Å²) in [7, 11) is 1.79. The van der Waals surface area contributed by atoms with E-state index in [0.29, 0.717) is 0 Å². The molecule has 5 nitrogen and oxygen atoms in total. The Morgan fingerprint density at radius 1 is 0.958 bits per heavy atom. The molecule has 0 aliphatic heterocycles. The Morgan fingerprint density at radius 2 is 1.50 bits per heavy atom. The van der Waals surface area contributed by atoms with Crippen molar-refractivity contribution in [3.05, 3.63) is 24.3 Å². The SMILES string of the molecule is CCCCN(C)C(=O)CN(C(C)=O)c1ccc(N(CC)CC)cc1. The lowest BCUT2D eigenvalue weighted by Crippen LogP contribution is -2.41. The van der Waals surface area contributed by atoms with E-state index in [-0.39, 0.29) is 18.4 Å². The molecule has 0 aliphatic carbocycles. The van der Waals surface area contributed by atoms with Crippen LogP contribution in [0.3, 0.4) is 0 Å². The summed E-state index contributed by atoms with van der Waals surface area (Å²) >= 11 is 0. The number of rotatable bonds is 9. The van der Waals surface area contributed by atoms with Crippen LogP contribution in [-0.2, 0) is 9.59 Å². The van der Waals surface area contributed by atoms with Gasteiger partial charge < -0.3 is 14.7 Å². The monoisotopic (exact) mass is 333 g/mol. The molecule has 0 atom stereocenters. The van der Waals surface area contributed by atoms with Crippen LogP contribution in [0, 0.1) is 0 Å². The molecule has 134 valence electrons. The number of unbranched alkanes of at least 4 members (excludes halogenated alkanes) is 1. The lowest BCUT2D eigenvalue weighted by atomic mass is 10.2. The van der Waals surface area contributed by atoms with Gasteiger partial charge in [0.1, 0.15) is 6.54 Å². The first-order chi connectivity index (χ1) is 11.4. The Balaban J connectivity index is 2.85. The zero-order chi connectivity index (χ0) is 18.1. The van der Waals surface area contributed by atoms with Gasteiger partial charge in [0.15, 0.2) is 0 Å². The quantitative estimate of drug-likeness (QED) is 0.697. The Morgan fingerprint density at radius 3 is 1.96 bits per heavy atom. The van der Waals surface area contributed by atoms with Gasteiger partial charge in [-0.05, 0) is 44.5 Å². The van der Waals surface area contributed by atoms with Gasteiger partial charge in [-0.15, -0.1) is 0 Å². The third kappa shape index (κ3) is 5.55. The predicted octanol–water partition coefficient (Wildman–Crippen LogP) is 3.14. The van der Waals surface area contributed by atoms with Crippen LogP contribution in [0.4, 0.5) is 11.4 Å². The van der Waals surface area contributed by atoms with Crippen LogP contribution < -0.4 is 9.80 Å². The van der Waals surface area contributed by atoms with Crippen molar-refractivity contribution in [3.63, 3.8) is 0 Å². The van der Waals surface area contributed by atoms with Gasteiger partial charge in [-0.3, -0.25) is 9.59 Å². The fourth-order valence-corrected chi connectivity index (χ4v) is 2.59. The minimum absolute atomic E-state index is 0.0357. The molecular weight excluding hydrogens is 302 g/mol. The highest BCUT2D eigenvalue weighted by Gasteiger charge is 2.18. The number of nitrogens with zero attached hydrogens (tertiary/aromatic N) is 3. The highest BCUT2D eigenvalue weighted by Crippen LogP contribution is 2.21. The van der Waals surface area contributed by atoms with Crippen molar-refractivity contribution >= 4 is 23.2 Å². The maximum absolute atomic E-state index is 12.3. The third-order valence-corrected chi connectivity index (χ3v) is 4.24. The second-order valence-electron chi connectivity index (χ2n) is 5.96. The summed E-state index contributed by atoms with van der Waals surface area (Å²) in [6, 6.07) is 7.83. The van der Waals surface area contributed by atoms with Crippen molar-refractivity contribution in [2.75, 3.05) is 43.0 Å². The molecule has 24 heavy (non-hydrogen) atoms. The van der Waals surface area contributed by atoms with Crippen molar-refractivity contribution in [1.82, 2.24) is 4.90 Å². The summed E-state index contributed by atoms with van der Waals surface area (Å²) in [5.74, 6) is -0.158. The molecule has 0 saturated carbocycles. The molecule has 0 aromatic heterocycles. The Bertz CT molecular complexity index is 524. The Labute approximate surface area is 146 Å². The summed E-state index contributed by atoms with van der Waals surface area (Å²) < 4.78 is 0. The number of hydrogen-bond acceptors (Lipinski definition) is 3. The van der Waals surface area contributed by atoms with Crippen molar-refractivity contribution < 1.29 is 9.59 Å². The van der Waals surface area contributed by atoms with Gasteiger partial charge in [-0.2, -0.15) is 0 Å². The standard InChI is InChI=1S/C19H31N3O2/c1-6-9-14-20(5)19(24)15-22(16(4)23)18-12-10-17(11-13-18)21(7-2)8-3/h10-13H,6-9,14-15H2,1-5H3. The van der Waals surface area contributed by atoms with Gasteiger partial charge in [0.05, 0.1) is 0 Å². The van der Waals surface area contributed by atoms with E-state index in [1.54, 1.807) is 11.9 Å². The second-order valence-corrected chi connectivity index (χ2v) is 5.96. The number of carbonyl (C=O) groups excluding carboxylic acids is 2.